The second kappa shape index (κ2) is 4.45. The van der Waals surface area contributed by atoms with Crippen molar-refractivity contribution in [1.82, 2.24) is 10.6 Å². The molecule has 3 heteroatoms. The predicted octanol–water partition coefficient (Wildman–Crippen LogP) is 0.511. The zero-order valence-corrected chi connectivity index (χ0v) is 7.89. The Morgan fingerprint density at radius 3 is 2.75 bits per heavy atom. The monoisotopic (exact) mass is 170 g/mol. The highest BCUT2D eigenvalue weighted by molar-refractivity contribution is 5.75. The van der Waals surface area contributed by atoms with Crippen LogP contribution in [-0.2, 0) is 4.79 Å². The third kappa shape index (κ3) is 3.22. The van der Waals surface area contributed by atoms with Gasteiger partial charge in [-0.1, -0.05) is 6.92 Å². The van der Waals surface area contributed by atoms with Crippen LogP contribution in [0.2, 0.25) is 0 Å². The molecule has 0 saturated heterocycles. The van der Waals surface area contributed by atoms with E-state index in [0.717, 1.165) is 19.0 Å². The van der Waals surface area contributed by atoms with Gasteiger partial charge in [0.1, 0.15) is 0 Å². The molecule has 0 bridgehead atoms. The molecular formula is C9H18N2O. The number of carbonyl (C=O) groups is 1. The van der Waals surface area contributed by atoms with Crippen LogP contribution >= 0.6 is 0 Å². The lowest BCUT2D eigenvalue weighted by Crippen LogP contribution is -2.28. The largest absolute Gasteiger partial charge is 0.356 e. The maximum Gasteiger partial charge on any atom is 0.221 e. The first-order valence-electron chi connectivity index (χ1n) is 4.74. The number of carbonyl (C=O) groups excluding carboxylic acids is 1. The van der Waals surface area contributed by atoms with Crippen molar-refractivity contribution in [2.24, 2.45) is 5.92 Å². The Hall–Kier alpha value is -0.570. The standard InChI is InChI=1S/C9H18N2O/c1-3-10-9(12)4-5-11-8-6-7(8)2/h7-8,11H,3-6H2,1-2H3,(H,10,12). The molecule has 0 aromatic rings. The highest BCUT2D eigenvalue weighted by atomic mass is 16.1. The second-order valence-corrected chi connectivity index (χ2v) is 3.48. The Balaban J connectivity index is 1.91. The predicted molar refractivity (Wildman–Crippen MR) is 48.9 cm³/mol. The first-order valence-corrected chi connectivity index (χ1v) is 4.74. The topological polar surface area (TPSA) is 41.1 Å². The van der Waals surface area contributed by atoms with Gasteiger partial charge in [-0.3, -0.25) is 4.79 Å². The van der Waals surface area contributed by atoms with E-state index < -0.39 is 0 Å². The summed E-state index contributed by atoms with van der Waals surface area (Å²) in [6.45, 7) is 5.72. The van der Waals surface area contributed by atoms with Crippen molar-refractivity contribution in [2.75, 3.05) is 13.1 Å². The molecule has 70 valence electrons. The SMILES string of the molecule is CCNC(=O)CCNC1CC1C. The highest BCUT2D eigenvalue weighted by Gasteiger charge is 2.31. The van der Waals surface area contributed by atoms with E-state index in [4.69, 9.17) is 0 Å². The zero-order chi connectivity index (χ0) is 8.97. The number of hydrogen-bond donors (Lipinski definition) is 2. The lowest BCUT2D eigenvalue weighted by atomic mass is 10.4. The Morgan fingerprint density at radius 2 is 2.25 bits per heavy atom. The third-order valence-electron chi connectivity index (χ3n) is 2.24. The fraction of sp³-hybridized carbons (Fsp3) is 0.889. The molecule has 0 aliphatic heterocycles. The normalized spacial score (nSPS) is 26.8. The van der Waals surface area contributed by atoms with Crippen molar-refractivity contribution in [3.05, 3.63) is 0 Å². The molecule has 0 aromatic carbocycles. The van der Waals surface area contributed by atoms with Gasteiger partial charge in [0.2, 0.25) is 5.91 Å². The van der Waals surface area contributed by atoms with Gasteiger partial charge in [-0.25, -0.2) is 0 Å². The van der Waals surface area contributed by atoms with Crippen molar-refractivity contribution in [3.63, 3.8) is 0 Å². The summed E-state index contributed by atoms with van der Waals surface area (Å²) in [6.07, 6.45) is 1.88. The van der Waals surface area contributed by atoms with Gasteiger partial charge < -0.3 is 10.6 Å². The summed E-state index contributed by atoms with van der Waals surface area (Å²) in [5, 5.41) is 6.11. The van der Waals surface area contributed by atoms with Gasteiger partial charge in [0.25, 0.3) is 0 Å². The average Bonchev–Trinajstić information content (AvgIpc) is 2.67. The first-order chi connectivity index (χ1) is 5.74. The van der Waals surface area contributed by atoms with Crippen LogP contribution in [0.5, 0.6) is 0 Å². The summed E-state index contributed by atoms with van der Waals surface area (Å²) in [4.78, 5) is 11.0. The molecule has 0 aromatic heterocycles. The maximum atomic E-state index is 11.0. The summed E-state index contributed by atoms with van der Waals surface area (Å²) in [6, 6.07) is 0.680. The Morgan fingerprint density at radius 1 is 1.58 bits per heavy atom. The van der Waals surface area contributed by atoms with Gasteiger partial charge in [0.15, 0.2) is 0 Å². The molecule has 2 N–H and O–H groups in total. The van der Waals surface area contributed by atoms with E-state index in [1.54, 1.807) is 0 Å². The molecule has 1 fully saturated rings. The van der Waals surface area contributed by atoms with Gasteiger partial charge in [0.05, 0.1) is 0 Å². The molecule has 1 amide bonds. The van der Waals surface area contributed by atoms with Gasteiger partial charge in [-0.2, -0.15) is 0 Å². The number of amides is 1. The van der Waals surface area contributed by atoms with Crippen molar-refractivity contribution < 1.29 is 4.79 Å². The Labute approximate surface area is 73.9 Å². The minimum Gasteiger partial charge on any atom is -0.356 e. The molecule has 2 unspecified atom stereocenters. The lowest BCUT2D eigenvalue weighted by Gasteiger charge is -2.02. The molecule has 1 rings (SSSR count). The third-order valence-corrected chi connectivity index (χ3v) is 2.24. The second-order valence-electron chi connectivity index (χ2n) is 3.48. The number of hydrogen-bond acceptors (Lipinski definition) is 2. The van der Waals surface area contributed by atoms with Crippen LogP contribution in [0.15, 0.2) is 0 Å². The van der Waals surface area contributed by atoms with Crippen molar-refractivity contribution in [2.45, 2.75) is 32.7 Å². The summed E-state index contributed by atoms with van der Waals surface area (Å²) in [5.41, 5.74) is 0. The average molecular weight is 170 g/mol. The van der Waals surface area contributed by atoms with E-state index in [-0.39, 0.29) is 5.91 Å². The summed E-state index contributed by atoms with van der Waals surface area (Å²) >= 11 is 0. The lowest BCUT2D eigenvalue weighted by molar-refractivity contribution is -0.120. The van der Waals surface area contributed by atoms with Crippen LogP contribution in [0.25, 0.3) is 0 Å². The maximum absolute atomic E-state index is 11.0. The molecule has 1 aliphatic rings. The van der Waals surface area contributed by atoms with Gasteiger partial charge in [-0.05, 0) is 19.3 Å². The highest BCUT2D eigenvalue weighted by Crippen LogP contribution is 2.28. The molecule has 2 atom stereocenters. The van der Waals surface area contributed by atoms with E-state index in [1.165, 1.54) is 6.42 Å². The molecule has 1 aliphatic carbocycles. The molecule has 12 heavy (non-hydrogen) atoms. The van der Waals surface area contributed by atoms with Crippen LogP contribution in [0.4, 0.5) is 0 Å². The van der Waals surface area contributed by atoms with Crippen molar-refractivity contribution in [3.8, 4) is 0 Å². The summed E-state index contributed by atoms with van der Waals surface area (Å²) < 4.78 is 0. The van der Waals surface area contributed by atoms with Crippen LogP contribution in [0.3, 0.4) is 0 Å². The number of rotatable bonds is 5. The van der Waals surface area contributed by atoms with Gasteiger partial charge in [-0.15, -0.1) is 0 Å². The zero-order valence-electron chi connectivity index (χ0n) is 7.89. The Kier molecular flexibility index (Phi) is 3.53. The molecule has 0 spiro atoms. The van der Waals surface area contributed by atoms with Crippen molar-refractivity contribution in [1.29, 1.82) is 0 Å². The number of nitrogens with one attached hydrogen (secondary N) is 2. The first kappa shape index (κ1) is 9.52. The minimum absolute atomic E-state index is 0.151. The van der Waals surface area contributed by atoms with Gasteiger partial charge in [0, 0.05) is 25.6 Å². The van der Waals surface area contributed by atoms with E-state index in [1.807, 2.05) is 6.92 Å². The van der Waals surface area contributed by atoms with Crippen LogP contribution in [0.1, 0.15) is 26.7 Å². The van der Waals surface area contributed by atoms with Crippen LogP contribution < -0.4 is 10.6 Å². The fourth-order valence-corrected chi connectivity index (χ4v) is 1.26. The molecule has 1 saturated carbocycles. The minimum atomic E-state index is 0.151. The van der Waals surface area contributed by atoms with E-state index >= 15 is 0 Å². The summed E-state index contributed by atoms with van der Waals surface area (Å²) in [5.74, 6) is 0.970. The van der Waals surface area contributed by atoms with Crippen molar-refractivity contribution >= 4 is 5.91 Å². The van der Waals surface area contributed by atoms with Crippen LogP contribution in [-0.4, -0.2) is 25.0 Å². The molecule has 3 nitrogen and oxygen atoms in total. The molecular weight excluding hydrogens is 152 g/mol. The van der Waals surface area contributed by atoms with E-state index in [0.29, 0.717) is 12.5 Å². The quantitative estimate of drug-likeness (QED) is 0.631. The molecule has 0 heterocycles. The van der Waals surface area contributed by atoms with E-state index in [2.05, 4.69) is 17.6 Å². The van der Waals surface area contributed by atoms with Gasteiger partial charge >= 0.3 is 0 Å². The smallest absolute Gasteiger partial charge is 0.221 e. The molecule has 0 radical (unpaired) electrons. The fourth-order valence-electron chi connectivity index (χ4n) is 1.26. The van der Waals surface area contributed by atoms with Crippen LogP contribution in [0, 0.1) is 5.92 Å². The Bertz CT molecular complexity index is 159. The van der Waals surface area contributed by atoms with E-state index in [9.17, 15) is 4.79 Å². The summed E-state index contributed by atoms with van der Waals surface area (Å²) in [7, 11) is 0.